The van der Waals surface area contributed by atoms with Crippen LogP contribution in [0.4, 0.5) is 23.2 Å². The standard InChI is InChI=1S/C14H8BrF4NO/c15-10-3-1-7(5-9(10)14(17,18)19)13(21)8-2-4-12(20)11(16)6-8/h1-6H,20H2. The van der Waals surface area contributed by atoms with Crippen molar-refractivity contribution in [2.45, 2.75) is 6.18 Å². The molecule has 7 heteroatoms. The van der Waals surface area contributed by atoms with Crippen LogP contribution < -0.4 is 5.73 Å². The third-order valence-corrected chi connectivity index (χ3v) is 3.49. The second kappa shape index (κ2) is 5.48. The van der Waals surface area contributed by atoms with Crippen molar-refractivity contribution < 1.29 is 22.4 Å². The molecule has 0 aliphatic carbocycles. The highest BCUT2D eigenvalue weighted by atomic mass is 79.9. The molecule has 2 N–H and O–H groups in total. The lowest BCUT2D eigenvalue weighted by Crippen LogP contribution is -2.09. The van der Waals surface area contributed by atoms with E-state index in [2.05, 4.69) is 15.9 Å². The highest BCUT2D eigenvalue weighted by Crippen LogP contribution is 2.35. The maximum absolute atomic E-state index is 13.3. The lowest BCUT2D eigenvalue weighted by atomic mass is 10.0. The van der Waals surface area contributed by atoms with Gasteiger partial charge in [0.15, 0.2) is 5.78 Å². The van der Waals surface area contributed by atoms with Crippen LogP contribution in [0.1, 0.15) is 21.5 Å². The smallest absolute Gasteiger partial charge is 0.396 e. The van der Waals surface area contributed by atoms with E-state index in [1.807, 2.05) is 0 Å². The van der Waals surface area contributed by atoms with Crippen LogP contribution in [0.5, 0.6) is 0 Å². The van der Waals surface area contributed by atoms with Crippen LogP contribution in [0.2, 0.25) is 0 Å². The fourth-order valence-corrected chi connectivity index (χ4v) is 2.19. The molecule has 21 heavy (non-hydrogen) atoms. The van der Waals surface area contributed by atoms with Gasteiger partial charge >= 0.3 is 6.18 Å². The minimum Gasteiger partial charge on any atom is -0.396 e. The van der Waals surface area contributed by atoms with Crippen LogP contribution in [0, 0.1) is 5.82 Å². The van der Waals surface area contributed by atoms with Gasteiger partial charge in [-0.05, 0) is 36.4 Å². The fraction of sp³-hybridized carbons (Fsp3) is 0.0714. The number of ketones is 1. The minimum absolute atomic E-state index is 0.0721. The molecule has 0 aliphatic rings. The summed E-state index contributed by atoms with van der Waals surface area (Å²) in [6, 6.07) is 6.43. The van der Waals surface area contributed by atoms with Gasteiger partial charge in [0.1, 0.15) is 5.82 Å². The summed E-state index contributed by atoms with van der Waals surface area (Å²) in [4.78, 5) is 12.1. The summed E-state index contributed by atoms with van der Waals surface area (Å²) in [7, 11) is 0. The number of carbonyl (C=O) groups is 1. The molecule has 0 unspecified atom stereocenters. The van der Waals surface area contributed by atoms with Crippen molar-refractivity contribution in [3.8, 4) is 0 Å². The largest absolute Gasteiger partial charge is 0.417 e. The Morgan fingerprint density at radius 3 is 2.19 bits per heavy atom. The van der Waals surface area contributed by atoms with E-state index in [1.54, 1.807) is 0 Å². The molecule has 2 aromatic rings. The topological polar surface area (TPSA) is 43.1 Å². The van der Waals surface area contributed by atoms with Crippen LogP contribution in [-0.4, -0.2) is 5.78 Å². The molecular formula is C14H8BrF4NO. The maximum atomic E-state index is 13.3. The monoisotopic (exact) mass is 361 g/mol. The van der Waals surface area contributed by atoms with E-state index in [4.69, 9.17) is 5.73 Å². The van der Waals surface area contributed by atoms with Crippen molar-refractivity contribution in [2.75, 3.05) is 5.73 Å². The van der Waals surface area contributed by atoms with E-state index in [0.29, 0.717) is 0 Å². The Kier molecular flexibility index (Phi) is 4.04. The summed E-state index contributed by atoms with van der Waals surface area (Å²) in [6.45, 7) is 0. The van der Waals surface area contributed by atoms with Gasteiger partial charge in [-0.15, -0.1) is 0 Å². The maximum Gasteiger partial charge on any atom is 0.417 e. The average molecular weight is 362 g/mol. The van der Waals surface area contributed by atoms with Crippen LogP contribution in [0.3, 0.4) is 0 Å². The number of hydrogen-bond acceptors (Lipinski definition) is 2. The molecule has 0 spiro atoms. The van der Waals surface area contributed by atoms with E-state index < -0.39 is 23.3 Å². The molecule has 0 amide bonds. The molecule has 2 nitrogen and oxygen atoms in total. The first-order valence-corrected chi connectivity index (χ1v) is 6.46. The van der Waals surface area contributed by atoms with Gasteiger partial charge in [-0.2, -0.15) is 13.2 Å². The molecule has 0 saturated carbocycles. The summed E-state index contributed by atoms with van der Waals surface area (Å²) < 4.78 is 51.5. The number of carbonyl (C=O) groups excluding carboxylic acids is 1. The number of halogens is 5. The Hall–Kier alpha value is -1.89. The molecule has 0 bridgehead atoms. The predicted octanol–water partition coefficient (Wildman–Crippen LogP) is 4.42. The molecule has 0 atom stereocenters. The summed E-state index contributed by atoms with van der Waals surface area (Å²) in [5, 5.41) is 0. The van der Waals surface area contributed by atoms with Crippen molar-refractivity contribution in [3.05, 3.63) is 63.4 Å². The lowest BCUT2D eigenvalue weighted by Gasteiger charge is -2.11. The molecule has 110 valence electrons. The van der Waals surface area contributed by atoms with Crippen molar-refractivity contribution >= 4 is 27.4 Å². The van der Waals surface area contributed by atoms with Gasteiger partial charge < -0.3 is 5.73 Å². The molecular weight excluding hydrogens is 354 g/mol. The third kappa shape index (κ3) is 3.24. The molecule has 0 heterocycles. The van der Waals surface area contributed by atoms with Crippen LogP contribution in [0.15, 0.2) is 40.9 Å². The van der Waals surface area contributed by atoms with Gasteiger partial charge in [-0.1, -0.05) is 15.9 Å². The minimum atomic E-state index is -4.60. The Morgan fingerprint density at radius 2 is 1.62 bits per heavy atom. The number of rotatable bonds is 2. The zero-order valence-electron chi connectivity index (χ0n) is 10.3. The summed E-state index contributed by atoms with van der Waals surface area (Å²) >= 11 is 2.78. The molecule has 2 rings (SSSR count). The van der Waals surface area contributed by atoms with Gasteiger partial charge in [0, 0.05) is 15.6 Å². The Labute approximate surface area is 125 Å². The van der Waals surface area contributed by atoms with Crippen molar-refractivity contribution in [1.29, 1.82) is 0 Å². The Balaban J connectivity index is 2.46. The van der Waals surface area contributed by atoms with Crippen molar-refractivity contribution in [3.63, 3.8) is 0 Å². The van der Waals surface area contributed by atoms with E-state index >= 15 is 0 Å². The van der Waals surface area contributed by atoms with Crippen LogP contribution >= 0.6 is 15.9 Å². The number of anilines is 1. The second-order valence-corrected chi connectivity index (χ2v) is 5.11. The van der Waals surface area contributed by atoms with Gasteiger partial charge in [0.05, 0.1) is 11.3 Å². The van der Waals surface area contributed by atoms with Crippen LogP contribution in [-0.2, 0) is 6.18 Å². The number of alkyl halides is 3. The second-order valence-electron chi connectivity index (χ2n) is 4.26. The van der Waals surface area contributed by atoms with Crippen molar-refractivity contribution in [2.24, 2.45) is 0 Å². The lowest BCUT2D eigenvalue weighted by molar-refractivity contribution is -0.138. The number of hydrogen-bond donors (Lipinski definition) is 1. The molecule has 2 aromatic carbocycles. The fourth-order valence-electron chi connectivity index (χ4n) is 1.72. The van der Waals surface area contributed by atoms with Gasteiger partial charge in [-0.25, -0.2) is 4.39 Å². The predicted molar refractivity (Wildman–Crippen MR) is 73.4 cm³/mol. The molecule has 0 fully saturated rings. The molecule has 0 aliphatic heterocycles. The Bertz CT molecular complexity index is 713. The average Bonchev–Trinajstić information content (AvgIpc) is 2.40. The Morgan fingerprint density at radius 1 is 1.05 bits per heavy atom. The highest BCUT2D eigenvalue weighted by molar-refractivity contribution is 9.10. The third-order valence-electron chi connectivity index (χ3n) is 2.80. The zero-order chi connectivity index (χ0) is 15.8. The SMILES string of the molecule is Nc1ccc(C(=O)c2ccc(Br)c(C(F)(F)F)c2)cc1F. The van der Waals surface area contributed by atoms with E-state index in [9.17, 15) is 22.4 Å². The molecule has 0 aromatic heterocycles. The van der Waals surface area contributed by atoms with E-state index in [-0.39, 0.29) is 21.3 Å². The molecule has 0 saturated heterocycles. The quantitative estimate of drug-likeness (QED) is 0.488. The number of benzene rings is 2. The van der Waals surface area contributed by atoms with Gasteiger partial charge in [0.2, 0.25) is 0 Å². The molecule has 0 radical (unpaired) electrons. The summed E-state index contributed by atoms with van der Waals surface area (Å²) in [5.41, 5.74) is 3.92. The first kappa shape index (κ1) is 15.5. The van der Waals surface area contributed by atoms with E-state index in [0.717, 1.165) is 18.2 Å². The normalized spacial score (nSPS) is 11.5. The number of nitrogen functional groups attached to an aromatic ring is 1. The highest BCUT2D eigenvalue weighted by Gasteiger charge is 2.33. The van der Waals surface area contributed by atoms with Crippen molar-refractivity contribution in [1.82, 2.24) is 0 Å². The van der Waals surface area contributed by atoms with E-state index in [1.165, 1.54) is 18.2 Å². The zero-order valence-corrected chi connectivity index (χ0v) is 11.9. The first-order chi connectivity index (χ1) is 9.70. The number of nitrogens with two attached hydrogens (primary N) is 1. The summed E-state index contributed by atoms with van der Waals surface area (Å²) in [6.07, 6.45) is -4.60. The van der Waals surface area contributed by atoms with Crippen LogP contribution in [0.25, 0.3) is 0 Å². The van der Waals surface area contributed by atoms with Gasteiger partial charge in [0.25, 0.3) is 0 Å². The van der Waals surface area contributed by atoms with Gasteiger partial charge in [-0.3, -0.25) is 4.79 Å². The first-order valence-electron chi connectivity index (χ1n) is 5.66. The summed E-state index contributed by atoms with van der Waals surface area (Å²) in [5.74, 6) is -1.51.